The Kier molecular flexibility index (Phi) is 56.8. The number of hydrogen-bond donors (Lipinski definition) is 0. The molecular weight excluding hydrogens is 889 g/mol. The van der Waals surface area contributed by atoms with E-state index in [1.54, 1.807) is 0 Å². The zero-order chi connectivity index (χ0) is 52.2. The Hall–Kier alpha value is -3.67. The Bertz CT molecular complexity index is 1430. The van der Waals surface area contributed by atoms with Crippen molar-refractivity contribution in [1.29, 1.82) is 0 Å². The molecule has 72 heavy (non-hydrogen) atoms. The summed E-state index contributed by atoms with van der Waals surface area (Å²) in [6.45, 7) is 6.46. The minimum atomic E-state index is -0.816. The van der Waals surface area contributed by atoms with E-state index in [0.29, 0.717) is 19.3 Å². The Morgan fingerprint density at radius 2 is 0.556 bits per heavy atom. The van der Waals surface area contributed by atoms with E-state index in [1.165, 1.54) is 135 Å². The third kappa shape index (κ3) is 57.2. The van der Waals surface area contributed by atoms with Crippen LogP contribution in [-0.4, -0.2) is 37.2 Å². The zero-order valence-electron chi connectivity index (χ0n) is 47.2. The Morgan fingerprint density at radius 1 is 0.292 bits per heavy atom. The van der Waals surface area contributed by atoms with Crippen LogP contribution in [0, 0.1) is 0 Å². The van der Waals surface area contributed by atoms with E-state index in [0.717, 1.165) is 103 Å². The number of hydrogen-bond acceptors (Lipinski definition) is 6. The molecule has 0 aromatic heterocycles. The number of esters is 3. The van der Waals surface area contributed by atoms with Crippen LogP contribution in [-0.2, 0) is 28.6 Å². The molecule has 0 aliphatic carbocycles. The molecule has 1 atom stereocenters. The molecule has 6 heteroatoms. The van der Waals surface area contributed by atoms with Crippen molar-refractivity contribution in [3.05, 3.63) is 97.2 Å². The van der Waals surface area contributed by atoms with Crippen molar-refractivity contribution in [2.75, 3.05) is 13.2 Å². The summed E-state index contributed by atoms with van der Waals surface area (Å²) in [5.74, 6) is -0.975. The fraction of sp³-hybridized carbons (Fsp3) is 0.712. The molecule has 0 saturated carbocycles. The highest BCUT2D eigenvalue weighted by molar-refractivity contribution is 5.71. The van der Waals surface area contributed by atoms with Crippen LogP contribution < -0.4 is 0 Å². The normalized spacial score (nSPS) is 12.8. The molecule has 0 aliphatic rings. The largest absolute Gasteiger partial charge is 0.462 e. The van der Waals surface area contributed by atoms with Crippen LogP contribution in [0.15, 0.2) is 97.2 Å². The van der Waals surface area contributed by atoms with Gasteiger partial charge in [-0.25, -0.2) is 0 Å². The van der Waals surface area contributed by atoms with Gasteiger partial charge in [0, 0.05) is 19.3 Å². The molecule has 412 valence electrons. The van der Waals surface area contributed by atoms with E-state index in [4.69, 9.17) is 14.2 Å². The molecule has 0 saturated heterocycles. The molecule has 0 spiro atoms. The molecule has 6 nitrogen and oxygen atoms in total. The number of ether oxygens (including phenoxy) is 3. The summed E-state index contributed by atoms with van der Waals surface area (Å²) in [6, 6.07) is 0. The number of allylic oxidation sites excluding steroid dienone is 16. The van der Waals surface area contributed by atoms with Crippen LogP contribution in [0.2, 0.25) is 0 Å². The molecule has 0 bridgehead atoms. The second-order valence-electron chi connectivity index (χ2n) is 19.9. The van der Waals surface area contributed by atoms with Crippen LogP contribution in [0.5, 0.6) is 0 Å². The minimum Gasteiger partial charge on any atom is -0.462 e. The summed E-state index contributed by atoms with van der Waals surface area (Å²) in [5.41, 5.74) is 0. The lowest BCUT2D eigenvalue weighted by Crippen LogP contribution is -2.30. The second kappa shape index (κ2) is 59.9. The lowest BCUT2D eigenvalue weighted by molar-refractivity contribution is -0.167. The molecule has 0 fully saturated rings. The van der Waals surface area contributed by atoms with Crippen LogP contribution in [0.4, 0.5) is 0 Å². The average Bonchev–Trinajstić information content (AvgIpc) is 3.38. The summed E-state index contributed by atoms with van der Waals surface area (Å²) >= 11 is 0. The molecule has 0 radical (unpaired) electrons. The Labute approximate surface area is 445 Å². The van der Waals surface area contributed by atoms with E-state index in [1.807, 2.05) is 0 Å². The fourth-order valence-corrected chi connectivity index (χ4v) is 8.27. The Morgan fingerprint density at radius 3 is 0.917 bits per heavy atom. The minimum absolute atomic E-state index is 0.106. The van der Waals surface area contributed by atoms with E-state index >= 15 is 0 Å². The molecule has 0 rings (SSSR count). The number of rotatable bonds is 54. The molecule has 0 aromatic rings. The third-order valence-corrected chi connectivity index (χ3v) is 12.8. The predicted molar refractivity (Wildman–Crippen MR) is 311 cm³/mol. The van der Waals surface area contributed by atoms with E-state index < -0.39 is 6.10 Å². The first-order valence-corrected chi connectivity index (χ1v) is 30.2. The maximum atomic E-state index is 12.9. The highest BCUT2D eigenvalue weighted by Crippen LogP contribution is 2.15. The highest BCUT2D eigenvalue weighted by atomic mass is 16.6. The summed E-state index contributed by atoms with van der Waals surface area (Å²) in [4.78, 5) is 38.2. The third-order valence-electron chi connectivity index (χ3n) is 12.8. The van der Waals surface area contributed by atoms with Crippen LogP contribution in [0.3, 0.4) is 0 Å². The summed E-state index contributed by atoms with van der Waals surface area (Å²) in [5, 5.41) is 0. The van der Waals surface area contributed by atoms with Gasteiger partial charge in [-0.1, -0.05) is 246 Å². The lowest BCUT2D eigenvalue weighted by Gasteiger charge is -2.18. The van der Waals surface area contributed by atoms with Crippen molar-refractivity contribution < 1.29 is 28.6 Å². The van der Waals surface area contributed by atoms with E-state index in [9.17, 15) is 14.4 Å². The van der Waals surface area contributed by atoms with Gasteiger partial charge in [-0.2, -0.15) is 0 Å². The summed E-state index contributed by atoms with van der Waals surface area (Å²) in [7, 11) is 0. The van der Waals surface area contributed by atoms with Gasteiger partial charge < -0.3 is 14.2 Å². The average molecular weight is 1000 g/mol. The van der Waals surface area contributed by atoms with Crippen molar-refractivity contribution in [2.45, 2.75) is 290 Å². The number of unbranched alkanes of at least 4 members (excludes halogenated alkanes) is 27. The van der Waals surface area contributed by atoms with Gasteiger partial charge in [0.15, 0.2) is 6.10 Å². The number of carbonyl (C=O) groups is 3. The van der Waals surface area contributed by atoms with E-state index in [-0.39, 0.29) is 37.5 Å². The molecule has 0 N–H and O–H groups in total. The number of carbonyl (C=O) groups excluding carboxylic acids is 3. The van der Waals surface area contributed by atoms with Crippen molar-refractivity contribution >= 4 is 17.9 Å². The molecular formula is C66H112O6. The molecule has 0 heterocycles. The predicted octanol–water partition coefficient (Wildman–Crippen LogP) is 20.5. The standard InChI is InChI=1S/C66H112O6/c1-4-7-10-13-16-19-22-25-28-31-32-33-34-36-38-41-44-47-50-53-56-59-65(68)71-62-63(61-70-64(67)58-55-52-49-46-43-40-37-30-27-24-21-18-15-12-9-6-3)72-66(69)60-57-54-51-48-45-42-39-35-29-26-23-20-17-14-11-8-5-2/h8,11,17,20-21,24,26,29-32,37,39,42,48,51,63H,4-7,9-10,12-16,18-19,22-23,25,27-28,33-36,38,40-41,43-47,49-50,52-62H2,1-3H3/b11-8-,20-17-,24-21-,29-26-,32-31-,37-30-,42-39-,51-48-. The first-order chi connectivity index (χ1) is 35.5. The van der Waals surface area contributed by atoms with Crippen molar-refractivity contribution in [3.8, 4) is 0 Å². The molecule has 0 amide bonds. The molecule has 0 aliphatic heterocycles. The van der Waals surface area contributed by atoms with Crippen LogP contribution in [0.25, 0.3) is 0 Å². The van der Waals surface area contributed by atoms with Gasteiger partial charge in [-0.15, -0.1) is 0 Å². The maximum Gasteiger partial charge on any atom is 0.306 e. The van der Waals surface area contributed by atoms with Crippen LogP contribution in [0.1, 0.15) is 284 Å². The van der Waals surface area contributed by atoms with Crippen molar-refractivity contribution in [2.24, 2.45) is 0 Å². The topological polar surface area (TPSA) is 78.9 Å². The fourth-order valence-electron chi connectivity index (χ4n) is 8.27. The quantitative estimate of drug-likeness (QED) is 0.0261. The second-order valence-corrected chi connectivity index (χ2v) is 19.9. The van der Waals surface area contributed by atoms with E-state index in [2.05, 4.69) is 118 Å². The highest BCUT2D eigenvalue weighted by Gasteiger charge is 2.19. The van der Waals surface area contributed by atoms with Gasteiger partial charge in [0.05, 0.1) is 0 Å². The molecule has 0 aromatic carbocycles. The first-order valence-electron chi connectivity index (χ1n) is 30.2. The van der Waals surface area contributed by atoms with Gasteiger partial charge in [0.1, 0.15) is 13.2 Å². The lowest BCUT2D eigenvalue weighted by atomic mass is 10.1. The Balaban J connectivity index is 4.46. The summed E-state index contributed by atoms with van der Waals surface area (Å²) < 4.78 is 16.8. The van der Waals surface area contributed by atoms with Crippen molar-refractivity contribution in [3.63, 3.8) is 0 Å². The first kappa shape index (κ1) is 68.3. The van der Waals surface area contributed by atoms with Crippen LogP contribution >= 0.6 is 0 Å². The van der Waals surface area contributed by atoms with Gasteiger partial charge >= 0.3 is 17.9 Å². The smallest absolute Gasteiger partial charge is 0.306 e. The SMILES string of the molecule is CC/C=C\C/C=C\C/C=C\C/C=C\C/C=C\CCCC(=O)OC(COC(=O)CCCCCCC/C=C\C/C=C\CCCCCC)COC(=O)CCCCCCCCCCC/C=C\CCCCCCCCCC. The zero-order valence-corrected chi connectivity index (χ0v) is 47.2. The van der Waals surface area contributed by atoms with Gasteiger partial charge in [0.25, 0.3) is 0 Å². The maximum absolute atomic E-state index is 12.9. The monoisotopic (exact) mass is 1000 g/mol. The summed E-state index contributed by atoms with van der Waals surface area (Å²) in [6.07, 6.45) is 79.8. The van der Waals surface area contributed by atoms with Gasteiger partial charge in [-0.05, 0) is 116 Å². The molecule has 1 unspecified atom stereocenters. The van der Waals surface area contributed by atoms with Gasteiger partial charge in [-0.3, -0.25) is 14.4 Å². The van der Waals surface area contributed by atoms with Gasteiger partial charge in [0.2, 0.25) is 0 Å². The van der Waals surface area contributed by atoms with Crippen molar-refractivity contribution in [1.82, 2.24) is 0 Å².